The van der Waals surface area contributed by atoms with Gasteiger partial charge < -0.3 is 5.32 Å². The highest BCUT2D eigenvalue weighted by Gasteiger charge is 2.26. The van der Waals surface area contributed by atoms with Crippen LogP contribution in [0.15, 0.2) is 16.6 Å². The van der Waals surface area contributed by atoms with Crippen molar-refractivity contribution in [3.63, 3.8) is 0 Å². The zero-order valence-electron chi connectivity index (χ0n) is 10.5. The third-order valence-corrected chi connectivity index (χ3v) is 4.64. The predicted octanol–water partition coefficient (Wildman–Crippen LogP) is 4.57. The van der Waals surface area contributed by atoms with E-state index in [0.29, 0.717) is 5.92 Å². The summed E-state index contributed by atoms with van der Waals surface area (Å²) >= 11 is 3.18. The first-order valence-electron chi connectivity index (χ1n) is 6.45. The van der Waals surface area contributed by atoms with Gasteiger partial charge in [-0.1, -0.05) is 25.3 Å². The molecular weight excluding hydrogens is 300 g/mol. The van der Waals surface area contributed by atoms with Crippen LogP contribution in [0.2, 0.25) is 0 Å². The highest BCUT2D eigenvalue weighted by atomic mass is 79.9. The lowest BCUT2D eigenvalue weighted by atomic mass is 9.81. The van der Waals surface area contributed by atoms with Gasteiger partial charge >= 0.3 is 0 Å². The lowest BCUT2D eigenvalue weighted by Crippen LogP contribution is -2.27. The van der Waals surface area contributed by atoms with Crippen LogP contribution in [0.5, 0.6) is 0 Å². The molecule has 0 bridgehead atoms. The standard InChI is InChI=1S/C14H18BrF2N/c1-18-14(9-5-3-2-4-6-9)10-7-8-11(16)13(17)12(10)15/h7-9,14,18H,2-6H2,1H3. The third-order valence-electron chi connectivity index (χ3n) is 3.83. The molecule has 4 heteroatoms. The highest BCUT2D eigenvalue weighted by molar-refractivity contribution is 9.10. The van der Waals surface area contributed by atoms with E-state index in [-0.39, 0.29) is 10.5 Å². The maximum Gasteiger partial charge on any atom is 0.173 e. The number of nitrogens with one attached hydrogen (secondary N) is 1. The Morgan fingerprint density at radius 2 is 1.89 bits per heavy atom. The van der Waals surface area contributed by atoms with Gasteiger partial charge in [0.05, 0.1) is 4.47 Å². The summed E-state index contributed by atoms with van der Waals surface area (Å²) in [6.07, 6.45) is 6.04. The van der Waals surface area contributed by atoms with E-state index in [0.717, 1.165) is 18.4 Å². The van der Waals surface area contributed by atoms with E-state index in [1.807, 2.05) is 7.05 Å². The zero-order chi connectivity index (χ0) is 13.1. The highest BCUT2D eigenvalue weighted by Crippen LogP contribution is 2.38. The lowest BCUT2D eigenvalue weighted by molar-refractivity contribution is 0.280. The van der Waals surface area contributed by atoms with E-state index in [9.17, 15) is 8.78 Å². The van der Waals surface area contributed by atoms with Gasteiger partial charge in [0, 0.05) is 6.04 Å². The molecular formula is C14H18BrF2N. The summed E-state index contributed by atoms with van der Waals surface area (Å²) in [6, 6.07) is 2.98. The molecule has 100 valence electrons. The molecule has 1 N–H and O–H groups in total. The summed E-state index contributed by atoms with van der Waals surface area (Å²) in [5, 5.41) is 3.26. The molecule has 1 aromatic carbocycles. The first kappa shape index (κ1) is 13.9. The fourth-order valence-electron chi connectivity index (χ4n) is 2.89. The largest absolute Gasteiger partial charge is 0.313 e. The predicted molar refractivity (Wildman–Crippen MR) is 72.4 cm³/mol. The maximum atomic E-state index is 13.6. The molecule has 0 aliphatic heterocycles. The van der Waals surface area contributed by atoms with Crippen LogP contribution in [0.25, 0.3) is 0 Å². The Morgan fingerprint density at radius 3 is 2.50 bits per heavy atom. The summed E-state index contributed by atoms with van der Waals surface area (Å²) in [6.45, 7) is 0. The minimum absolute atomic E-state index is 0.0924. The molecule has 1 atom stereocenters. The van der Waals surface area contributed by atoms with Crippen LogP contribution < -0.4 is 5.32 Å². The molecule has 1 unspecified atom stereocenters. The summed E-state index contributed by atoms with van der Waals surface area (Å²) in [4.78, 5) is 0. The molecule has 0 saturated heterocycles. The van der Waals surface area contributed by atoms with Crippen LogP contribution in [0.4, 0.5) is 8.78 Å². The van der Waals surface area contributed by atoms with Crippen LogP contribution >= 0.6 is 15.9 Å². The topological polar surface area (TPSA) is 12.0 Å². The Balaban J connectivity index is 2.29. The average molecular weight is 318 g/mol. The van der Waals surface area contributed by atoms with Crippen molar-refractivity contribution in [3.8, 4) is 0 Å². The molecule has 0 spiro atoms. The van der Waals surface area contributed by atoms with E-state index < -0.39 is 11.6 Å². The average Bonchev–Trinajstić information content (AvgIpc) is 2.41. The third kappa shape index (κ3) is 2.75. The SMILES string of the molecule is CNC(c1ccc(F)c(F)c1Br)C1CCCCC1. The van der Waals surface area contributed by atoms with Crippen molar-refractivity contribution in [1.29, 1.82) is 0 Å². The van der Waals surface area contributed by atoms with E-state index >= 15 is 0 Å². The Kier molecular flexibility index (Phi) is 4.73. The van der Waals surface area contributed by atoms with Crippen LogP contribution in [-0.2, 0) is 0 Å². The fraction of sp³-hybridized carbons (Fsp3) is 0.571. The van der Waals surface area contributed by atoms with Crippen LogP contribution in [0.3, 0.4) is 0 Å². The molecule has 1 aromatic rings. The van der Waals surface area contributed by atoms with Gasteiger partial charge in [-0.2, -0.15) is 0 Å². The first-order valence-corrected chi connectivity index (χ1v) is 7.25. The minimum Gasteiger partial charge on any atom is -0.313 e. The van der Waals surface area contributed by atoms with Gasteiger partial charge in [0.25, 0.3) is 0 Å². The molecule has 0 aromatic heterocycles. The summed E-state index contributed by atoms with van der Waals surface area (Å²) in [5.74, 6) is -1.09. The fourth-order valence-corrected chi connectivity index (χ4v) is 3.46. The smallest absolute Gasteiger partial charge is 0.173 e. The number of halogens is 3. The quantitative estimate of drug-likeness (QED) is 0.805. The molecule has 1 fully saturated rings. The van der Waals surface area contributed by atoms with E-state index in [1.165, 1.54) is 25.3 Å². The van der Waals surface area contributed by atoms with Gasteiger partial charge in [0.1, 0.15) is 0 Å². The monoisotopic (exact) mass is 317 g/mol. The van der Waals surface area contributed by atoms with Gasteiger partial charge in [-0.05, 0) is 53.4 Å². The molecule has 1 saturated carbocycles. The van der Waals surface area contributed by atoms with Gasteiger partial charge in [0.15, 0.2) is 11.6 Å². The molecule has 0 radical (unpaired) electrons. The van der Waals surface area contributed by atoms with Crippen molar-refractivity contribution in [2.24, 2.45) is 5.92 Å². The van der Waals surface area contributed by atoms with E-state index in [4.69, 9.17) is 0 Å². The minimum atomic E-state index is -0.802. The van der Waals surface area contributed by atoms with E-state index in [1.54, 1.807) is 6.07 Å². The maximum absolute atomic E-state index is 13.6. The summed E-state index contributed by atoms with van der Waals surface area (Å²) in [7, 11) is 1.88. The van der Waals surface area contributed by atoms with Crippen molar-refractivity contribution >= 4 is 15.9 Å². The normalized spacial score (nSPS) is 18.9. The van der Waals surface area contributed by atoms with Crippen LogP contribution in [0, 0.1) is 17.6 Å². The van der Waals surface area contributed by atoms with E-state index in [2.05, 4.69) is 21.2 Å². The number of hydrogen-bond donors (Lipinski definition) is 1. The number of benzene rings is 1. The second-order valence-corrected chi connectivity index (χ2v) is 5.72. The van der Waals surface area contributed by atoms with Crippen molar-refractivity contribution in [2.45, 2.75) is 38.1 Å². The lowest BCUT2D eigenvalue weighted by Gasteiger charge is -2.31. The van der Waals surface area contributed by atoms with Crippen molar-refractivity contribution in [3.05, 3.63) is 33.8 Å². The molecule has 18 heavy (non-hydrogen) atoms. The molecule has 1 nitrogen and oxygen atoms in total. The first-order chi connectivity index (χ1) is 8.65. The number of hydrogen-bond acceptors (Lipinski definition) is 1. The summed E-state index contributed by atoms with van der Waals surface area (Å²) in [5.41, 5.74) is 0.823. The molecule has 1 aliphatic carbocycles. The Bertz CT molecular complexity index is 417. The van der Waals surface area contributed by atoms with Gasteiger partial charge in [-0.25, -0.2) is 8.78 Å². The van der Waals surface area contributed by atoms with Gasteiger partial charge in [-0.3, -0.25) is 0 Å². The number of rotatable bonds is 3. The Labute approximate surface area is 115 Å². The molecule has 1 aliphatic rings. The van der Waals surface area contributed by atoms with Crippen LogP contribution in [-0.4, -0.2) is 7.05 Å². The second kappa shape index (κ2) is 6.11. The zero-order valence-corrected chi connectivity index (χ0v) is 12.1. The van der Waals surface area contributed by atoms with Gasteiger partial charge in [0.2, 0.25) is 0 Å². The summed E-state index contributed by atoms with van der Waals surface area (Å²) < 4.78 is 27.0. The molecule has 0 amide bonds. The Morgan fingerprint density at radius 1 is 1.22 bits per heavy atom. The van der Waals surface area contributed by atoms with Crippen molar-refractivity contribution in [2.75, 3.05) is 7.05 Å². The second-order valence-electron chi connectivity index (χ2n) is 4.93. The van der Waals surface area contributed by atoms with Crippen LogP contribution in [0.1, 0.15) is 43.7 Å². The van der Waals surface area contributed by atoms with Crippen molar-refractivity contribution < 1.29 is 8.78 Å². The van der Waals surface area contributed by atoms with Gasteiger partial charge in [-0.15, -0.1) is 0 Å². The molecule has 2 rings (SSSR count). The van der Waals surface area contributed by atoms with Crippen molar-refractivity contribution in [1.82, 2.24) is 5.32 Å². The molecule has 0 heterocycles. The Hall–Kier alpha value is -0.480.